The van der Waals surface area contributed by atoms with E-state index in [4.69, 9.17) is 4.42 Å². The number of hydrogen-bond donors (Lipinski definition) is 1. The molecule has 1 saturated heterocycles. The van der Waals surface area contributed by atoms with Crippen molar-refractivity contribution in [3.63, 3.8) is 0 Å². The third-order valence-corrected chi connectivity index (χ3v) is 5.96. The second kappa shape index (κ2) is 4.89. The van der Waals surface area contributed by atoms with E-state index in [1.165, 1.54) is 18.2 Å². The Morgan fingerprint density at radius 3 is 2.15 bits per heavy atom. The summed E-state index contributed by atoms with van der Waals surface area (Å²) in [5.41, 5.74) is -0.255. The number of carbonyl (C=O) groups is 1. The largest absolute Gasteiger partial charge is 0.478 e. The lowest BCUT2D eigenvalue weighted by molar-refractivity contribution is 0.0691. The molecule has 1 aliphatic rings. The summed E-state index contributed by atoms with van der Waals surface area (Å²) in [6.07, 6.45) is 0. The van der Waals surface area contributed by atoms with Gasteiger partial charge in [-0.25, -0.2) is 13.2 Å². The molecule has 6 nitrogen and oxygen atoms in total. The molecule has 20 heavy (non-hydrogen) atoms. The van der Waals surface area contributed by atoms with E-state index < -0.39 is 16.0 Å². The predicted octanol–water partition coefficient (Wildman–Crippen LogP) is 1.87. The molecule has 1 aromatic heterocycles. The number of carboxylic acids is 1. The van der Waals surface area contributed by atoms with Crippen molar-refractivity contribution < 1.29 is 22.7 Å². The van der Waals surface area contributed by atoms with Gasteiger partial charge in [0.25, 0.3) is 0 Å². The Bertz CT molecular complexity index is 636. The molecule has 0 saturated carbocycles. The molecule has 2 heterocycles. The van der Waals surface area contributed by atoms with Crippen LogP contribution in [0, 0.1) is 25.7 Å². The lowest BCUT2D eigenvalue weighted by Gasteiger charge is -2.16. The Balaban J connectivity index is 2.53. The van der Waals surface area contributed by atoms with Crippen LogP contribution in [0.5, 0.6) is 0 Å². The molecule has 0 radical (unpaired) electrons. The highest BCUT2D eigenvalue weighted by Gasteiger charge is 2.40. The van der Waals surface area contributed by atoms with Crippen LogP contribution in [0.15, 0.2) is 9.31 Å². The first-order valence-corrected chi connectivity index (χ1v) is 7.93. The van der Waals surface area contributed by atoms with Gasteiger partial charge in [0.2, 0.25) is 10.0 Å². The van der Waals surface area contributed by atoms with Crippen molar-refractivity contribution in [1.29, 1.82) is 0 Å². The second-order valence-corrected chi connectivity index (χ2v) is 7.38. The Morgan fingerprint density at radius 2 is 1.70 bits per heavy atom. The van der Waals surface area contributed by atoms with E-state index in [9.17, 15) is 18.3 Å². The molecule has 7 heteroatoms. The normalized spacial score (nSPS) is 24.2. The van der Waals surface area contributed by atoms with Crippen molar-refractivity contribution in [2.75, 3.05) is 13.1 Å². The van der Waals surface area contributed by atoms with Crippen LogP contribution in [0.1, 0.15) is 35.7 Å². The van der Waals surface area contributed by atoms with Gasteiger partial charge in [0.15, 0.2) is 0 Å². The van der Waals surface area contributed by atoms with Gasteiger partial charge in [0.05, 0.1) is 0 Å². The predicted molar refractivity (Wildman–Crippen MR) is 72.2 cm³/mol. The summed E-state index contributed by atoms with van der Waals surface area (Å²) in [7, 11) is -3.83. The molecule has 0 aromatic carbocycles. The average Bonchev–Trinajstić information content (AvgIpc) is 2.80. The summed E-state index contributed by atoms with van der Waals surface area (Å²) < 4.78 is 31.9. The molecule has 112 valence electrons. The van der Waals surface area contributed by atoms with Gasteiger partial charge in [-0.15, -0.1) is 0 Å². The number of carboxylic acid groups (broad SMARTS) is 1. The lowest BCUT2D eigenvalue weighted by Crippen LogP contribution is -2.30. The van der Waals surface area contributed by atoms with Crippen molar-refractivity contribution in [3.8, 4) is 0 Å². The molecule has 0 amide bonds. The zero-order valence-corrected chi connectivity index (χ0v) is 12.8. The van der Waals surface area contributed by atoms with Gasteiger partial charge >= 0.3 is 5.97 Å². The summed E-state index contributed by atoms with van der Waals surface area (Å²) in [6, 6.07) is 0. The molecular formula is C13H19NO5S. The summed E-state index contributed by atoms with van der Waals surface area (Å²) in [5.74, 6) is -0.517. The molecule has 2 unspecified atom stereocenters. The standard InChI is InChI=1S/C13H19NO5S/c1-7-5-14(6-8(7)2)20(17,18)12-10(4)19-9(3)11(12)13(15)16/h7-8H,5-6H2,1-4H3,(H,15,16). The molecule has 0 aliphatic carbocycles. The van der Waals surface area contributed by atoms with E-state index in [-0.39, 0.29) is 33.8 Å². The summed E-state index contributed by atoms with van der Waals surface area (Å²) >= 11 is 0. The van der Waals surface area contributed by atoms with Gasteiger partial charge in [-0.05, 0) is 25.7 Å². The van der Waals surface area contributed by atoms with Gasteiger partial charge < -0.3 is 9.52 Å². The Labute approximate surface area is 118 Å². The molecule has 1 N–H and O–H groups in total. The minimum atomic E-state index is -3.83. The van der Waals surface area contributed by atoms with E-state index in [1.54, 1.807) is 0 Å². The molecule has 2 rings (SSSR count). The van der Waals surface area contributed by atoms with Crippen LogP contribution in [-0.4, -0.2) is 36.9 Å². The van der Waals surface area contributed by atoms with Crippen molar-refractivity contribution in [2.45, 2.75) is 32.6 Å². The highest BCUT2D eigenvalue weighted by Crippen LogP contribution is 2.33. The number of sulfonamides is 1. The zero-order valence-electron chi connectivity index (χ0n) is 12.0. The monoisotopic (exact) mass is 301 g/mol. The Kier molecular flexibility index (Phi) is 3.68. The molecular weight excluding hydrogens is 282 g/mol. The minimum absolute atomic E-state index is 0.119. The van der Waals surface area contributed by atoms with Crippen LogP contribution < -0.4 is 0 Å². The van der Waals surface area contributed by atoms with Gasteiger partial charge in [-0.1, -0.05) is 13.8 Å². The average molecular weight is 301 g/mol. The van der Waals surface area contributed by atoms with Crippen LogP contribution in [-0.2, 0) is 10.0 Å². The number of rotatable bonds is 3. The fourth-order valence-electron chi connectivity index (χ4n) is 2.62. The van der Waals surface area contributed by atoms with E-state index >= 15 is 0 Å². The Morgan fingerprint density at radius 1 is 1.20 bits per heavy atom. The minimum Gasteiger partial charge on any atom is -0.478 e. The smallest absolute Gasteiger partial charge is 0.340 e. The first-order chi connectivity index (χ1) is 9.16. The molecule has 1 aromatic rings. The number of furan rings is 1. The van der Waals surface area contributed by atoms with E-state index in [0.29, 0.717) is 13.1 Å². The van der Waals surface area contributed by atoms with E-state index in [0.717, 1.165) is 0 Å². The molecule has 0 spiro atoms. The van der Waals surface area contributed by atoms with Crippen LogP contribution in [0.25, 0.3) is 0 Å². The third kappa shape index (κ3) is 2.25. The van der Waals surface area contributed by atoms with Crippen LogP contribution in [0.4, 0.5) is 0 Å². The van der Waals surface area contributed by atoms with Gasteiger partial charge in [0.1, 0.15) is 22.0 Å². The molecule has 1 fully saturated rings. The fourth-order valence-corrected chi connectivity index (χ4v) is 4.64. The van der Waals surface area contributed by atoms with Crippen LogP contribution in [0.3, 0.4) is 0 Å². The lowest BCUT2D eigenvalue weighted by atomic mass is 10.0. The zero-order chi connectivity index (χ0) is 15.2. The van der Waals surface area contributed by atoms with Gasteiger partial charge in [0, 0.05) is 13.1 Å². The number of aromatic carboxylic acids is 1. The first-order valence-electron chi connectivity index (χ1n) is 6.49. The Hall–Kier alpha value is -1.34. The highest BCUT2D eigenvalue weighted by atomic mass is 32.2. The third-order valence-electron chi connectivity index (χ3n) is 3.97. The van der Waals surface area contributed by atoms with Crippen LogP contribution >= 0.6 is 0 Å². The number of hydrogen-bond acceptors (Lipinski definition) is 4. The summed E-state index contributed by atoms with van der Waals surface area (Å²) in [5, 5.41) is 9.23. The van der Waals surface area contributed by atoms with Crippen molar-refractivity contribution in [3.05, 3.63) is 17.1 Å². The number of aryl methyl sites for hydroxylation is 2. The van der Waals surface area contributed by atoms with Gasteiger partial charge in [-0.3, -0.25) is 0 Å². The first kappa shape index (κ1) is 15.1. The van der Waals surface area contributed by atoms with Gasteiger partial charge in [-0.2, -0.15) is 4.31 Å². The van der Waals surface area contributed by atoms with Crippen molar-refractivity contribution in [1.82, 2.24) is 4.31 Å². The maximum Gasteiger partial charge on any atom is 0.340 e. The maximum absolute atomic E-state index is 12.7. The topological polar surface area (TPSA) is 87.8 Å². The van der Waals surface area contributed by atoms with Crippen molar-refractivity contribution in [2.24, 2.45) is 11.8 Å². The summed E-state index contributed by atoms with van der Waals surface area (Å²) in [6.45, 7) is 7.75. The van der Waals surface area contributed by atoms with E-state index in [1.807, 2.05) is 13.8 Å². The van der Waals surface area contributed by atoms with Crippen LogP contribution in [0.2, 0.25) is 0 Å². The van der Waals surface area contributed by atoms with Crippen molar-refractivity contribution >= 4 is 16.0 Å². The van der Waals surface area contributed by atoms with E-state index in [2.05, 4.69) is 0 Å². The summed E-state index contributed by atoms with van der Waals surface area (Å²) in [4.78, 5) is 11.1. The molecule has 2 atom stereocenters. The molecule has 0 bridgehead atoms. The SMILES string of the molecule is Cc1oc(C)c(S(=O)(=O)N2CC(C)C(C)C2)c1C(=O)O. The second-order valence-electron chi connectivity index (χ2n) is 5.50. The maximum atomic E-state index is 12.7. The highest BCUT2D eigenvalue weighted by molar-refractivity contribution is 7.89. The molecule has 1 aliphatic heterocycles. The quantitative estimate of drug-likeness (QED) is 0.920. The number of nitrogens with zero attached hydrogens (tertiary/aromatic N) is 1. The fraction of sp³-hybridized carbons (Fsp3) is 0.615.